The Kier molecular flexibility index (Phi) is 6.43. The van der Waals surface area contributed by atoms with Gasteiger partial charge in [-0.1, -0.05) is 72.8 Å². The Hall–Kier alpha value is -3.44. The number of para-hydroxylation sites is 1. The highest BCUT2D eigenvalue weighted by Crippen LogP contribution is 2.25. The first kappa shape index (κ1) is 20.8. The van der Waals surface area contributed by atoms with Crippen molar-refractivity contribution in [1.82, 2.24) is 10.0 Å². The number of likely N-dealkylation sites (N-methyl/N-ethyl adjacent to an activating group) is 1. The zero-order valence-corrected chi connectivity index (χ0v) is 17.8. The van der Waals surface area contributed by atoms with Gasteiger partial charge in [0.15, 0.2) is 0 Å². The number of nitrogens with zero attached hydrogens (tertiary/aromatic N) is 3. The average molecular weight is 414 g/mol. The number of benzene rings is 3. The Labute approximate surface area is 183 Å². The predicted octanol–water partition coefficient (Wildman–Crippen LogP) is 3.67. The number of hydrogen-bond acceptors (Lipinski definition) is 4. The third-order valence-corrected chi connectivity index (χ3v) is 5.80. The minimum Gasteiger partial charge on any atom is -0.355 e. The van der Waals surface area contributed by atoms with Crippen molar-refractivity contribution in [3.05, 3.63) is 101 Å². The molecule has 5 nitrogen and oxygen atoms in total. The van der Waals surface area contributed by atoms with Gasteiger partial charge < -0.3 is 9.69 Å². The molecule has 0 aliphatic carbocycles. The molecule has 1 aliphatic rings. The second-order valence-corrected chi connectivity index (χ2v) is 7.85. The van der Waals surface area contributed by atoms with Gasteiger partial charge in [-0.25, -0.2) is 5.01 Å². The number of aldehydes is 1. The van der Waals surface area contributed by atoms with Crippen LogP contribution in [0.2, 0.25) is 0 Å². The van der Waals surface area contributed by atoms with E-state index >= 15 is 0 Å². The quantitative estimate of drug-likeness (QED) is 0.529. The number of rotatable bonds is 8. The molecule has 0 aromatic heterocycles. The molecule has 0 atom stereocenters. The summed E-state index contributed by atoms with van der Waals surface area (Å²) in [6.07, 6.45) is 1.61. The van der Waals surface area contributed by atoms with Crippen LogP contribution in [0.15, 0.2) is 78.9 Å². The molecule has 1 amide bonds. The van der Waals surface area contributed by atoms with Gasteiger partial charge in [-0.15, -0.1) is 0 Å². The number of hydrazine groups is 1. The van der Waals surface area contributed by atoms with Crippen LogP contribution in [0.1, 0.15) is 22.3 Å². The van der Waals surface area contributed by atoms with Gasteiger partial charge in [0.05, 0.1) is 13.1 Å². The fourth-order valence-corrected chi connectivity index (χ4v) is 4.07. The average Bonchev–Trinajstić information content (AvgIpc) is 3.23. The summed E-state index contributed by atoms with van der Waals surface area (Å²) in [6, 6.07) is 26.5. The maximum Gasteiger partial charge on any atom is 0.256 e. The summed E-state index contributed by atoms with van der Waals surface area (Å²) in [5.74, 6) is -0.0378. The van der Waals surface area contributed by atoms with Gasteiger partial charge in [0, 0.05) is 25.8 Å². The number of carbonyl (C=O) groups is 2. The van der Waals surface area contributed by atoms with Crippen LogP contribution in [0.5, 0.6) is 0 Å². The lowest BCUT2D eigenvalue weighted by Gasteiger charge is -2.31. The minimum absolute atomic E-state index is 0.0378. The van der Waals surface area contributed by atoms with Crippen LogP contribution < -0.4 is 4.90 Å². The maximum atomic E-state index is 13.1. The lowest BCUT2D eigenvalue weighted by molar-refractivity contribution is -0.145. The maximum absolute atomic E-state index is 13.1. The van der Waals surface area contributed by atoms with E-state index in [0.717, 1.165) is 37.0 Å². The SMILES string of the molecule is CN(C(=O)CN(CC=O)c1ccccc1Cc1ccccc1)N1Cc2ccccc2C1. The van der Waals surface area contributed by atoms with Gasteiger partial charge in [0.25, 0.3) is 5.91 Å². The van der Waals surface area contributed by atoms with Crippen LogP contribution in [0.25, 0.3) is 0 Å². The van der Waals surface area contributed by atoms with Crippen LogP contribution in [-0.2, 0) is 29.1 Å². The molecule has 0 saturated carbocycles. The molecular formula is C26H27N3O2. The Morgan fingerprint density at radius 1 is 0.903 bits per heavy atom. The number of amides is 1. The third kappa shape index (κ3) is 4.84. The molecule has 3 aromatic rings. The summed E-state index contributed by atoms with van der Waals surface area (Å²) in [4.78, 5) is 26.4. The topological polar surface area (TPSA) is 43.9 Å². The van der Waals surface area contributed by atoms with Gasteiger partial charge in [0.1, 0.15) is 6.29 Å². The second-order valence-electron chi connectivity index (χ2n) is 7.85. The standard InChI is InChI=1S/C26H27N3O2/c1-27(29-18-23-12-5-6-13-24(23)19-29)26(31)20-28(15-16-30)25-14-8-7-11-22(25)17-21-9-3-2-4-10-21/h2-14,16H,15,17-20H2,1H3. The summed E-state index contributed by atoms with van der Waals surface area (Å²) in [5.41, 5.74) is 5.71. The highest BCUT2D eigenvalue weighted by Gasteiger charge is 2.26. The van der Waals surface area contributed by atoms with Crippen molar-refractivity contribution >= 4 is 17.9 Å². The smallest absolute Gasteiger partial charge is 0.256 e. The van der Waals surface area contributed by atoms with E-state index in [1.807, 2.05) is 65.5 Å². The molecule has 0 fully saturated rings. The Morgan fingerprint density at radius 3 is 2.19 bits per heavy atom. The second kappa shape index (κ2) is 9.58. The van der Waals surface area contributed by atoms with Crippen molar-refractivity contribution < 1.29 is 9.59 Å². The Bertz CT molecular complexity index is 1030. The monoisotopic (exact) mass is 413 g/mol. The fourth-order valence-electron chi connectivity index (χ4n) is 4.07. The minimum atomic E-state index is -0.0378. The van der Waals surface area contributed by atoms with Crippen molar-refractivity contribution in [2.24, 2.45) is 0 Å². The predicted molar refractivity (Wildman–Crippen MR) is 122 cm³/mol. The van der Waals surface area contributed by atoms with Crippen LogP contribution in [0.3, 0.4) is 0 Å². The highest BCUT2D eigenvalue weighted by atomic mass is 16.2. The van der Waals surface area contributed by atoms with E-state index in [0.29, 0.717) is 0 Å². The number of anilines is 1. The normalized spacial score (nSPS) is 12.9. The highest BCUT2D eigenvalue weighted by molar-refractivity contribution is 5.82. The van der Waals surface area contributed by atoms with Crippen molar-refractivity contribution in [1.29, 1.82) is 0 Å². The summed E-state index contributed by atoms with van der Waals surface area (Å²) < 4.78 is 0. The Morgan fingerprint density at radius 2 is 1.52 bits per heavy atom. The molecule has 0 spiro atoms. The summed E-state index contributed by atoms with van der Waals surface area (Å²) in [6.45, 7) is 1.76. The number of carbonyl (C=O) groups excluding carboxylic acids is 2. The van der Waals surface area contributed by atoms with E-state index in [2.05, 4.69) is 30.3 Å². The summed E-state index contributed by atoms with van der Waals surface area (Å²) >= 11 is 0. The molecule has 1 heterocycles. The van der Waals surface area contributed by atoms with Crippen LogP contribution in [-0.4, -0.2) is 42.3 Å². The van der Waals surface area contributed by atoms with Gasteiger partial charge in [-0.05, 0) is 34.7 Å². The molecule has 0 unspecified atom stereocenters. The van der Waals surface area contributed by atoms with Crippen LogP contribution in [0.4, 0.5) is 5.69 Å². The first-order valence-electron chi connectivity index (χ1n) is 10.5. The van der Waals surface area contributed by atoms with E-state index in [1.165, 1.54) is 16.7 Å². The summed E-state index contributed by atoms with van der Waals surface area (Å²) in [7, 11) is 1.81. The van der Waals surface area contributed by atoms with Gasteiger partial charge in [-0.2, -0.15) is 0 Å². The molecular weight excluding hydrogens is 386 g/mol. The molecule has 0 radical (unpaired) electrons. The Balaban J connectivity index is 1.49. The number of hydrogen-bond donors (Lipinski definition) is 0. The zero-order chi connectivity index (χ0) is 21.6. The molecule has 1 aliphatic heterocycles. The fraction of sp³-hybridized carbons (Fsp3) is 0.231. The van der Waals surface area contributed by atoms with E-state index in [9.17, 15) is 9.59 Å². The van der Waals surface area contributed by atoms with Crippen molar-refractivity contribution in [3.63, 3.8) is 0 Å². The molecule has 3 aromatic carbocycles. The first-order chi connectivity index (χ1) is 15.2. The molecule has 158 valence electrons. The van der Waals surface area contributed by atoms with Crippen molar-refractivity contribution in [2.45, 2.75) is 19.5 Å². The van der Waals surface area contributed by atoms with Crippen molar-refractivity contribution in [3.8, 4) is 0 Å². The van der Waals surface area contributed by atoms with Crippen molar-refractivity contribution in [2.75, 3.05) is 25.0 Å². The van der Waals surface area contributed by atoms with E-state index in [1.54, 1.807) is 5.01 Å². The van der Waals surface area contributed by atoms with Crippen LogP contribution in [0, 0.1) is 0 Å². The summed E-state index contributed by atoms with van der Waals surface area (Å²) in [5, 5.41) is 3.74. The van der Waals surface area contributed by atoms with Gasteiger partial charge in [0.2, 0.25) is 0 Å². The molecule has 5 heteroatoms. The largest absolute Gasteiger partial charge is 0.355 e. The third-order valence-electron chi connectivity index (χ3n) is 5.80. The zero-order valence-electron chi connectivity index (χ0n) is 17.8. The lowest BCUT2D eigenvalue weighted by atomic mass is 10.0. The lowest BCUT2D eigenvalue weighted by Crippen LogP contribution is -2.46. The van der Waals surface area contributed by atoms with Gasteiger partial charge in [-0.3, -0.25) is 9.80 Å². The molecule has 31 heavy (non-hydrogen) atoms. The first-order valence-corrected chi connectivity index (χ1v) is 10.5. The molecule has 0 saturated heterocycles. The van der Waals surface area contributed by atoms with E-state index in [-0.39, 0.29) is 19.0 Å². The van der Waals surface area contributed by atoms with Crippen LogP contribution >= 0.6 is 0 Å². The van der Waals surface area contributed by atoms with E-state index < -0.39 is 0 Å². The molecule has 0 bridgehead atoms. The van der Waals surface area contributed by atoms with Gasteiger partial charge >= 0.3 is 0 Å². The van der Waals surface area contributed by atoms with E-state index in [4.69, 9.17) is 0 Å². The number of fused-ring (bicyclic) bond motifs is 1. The molecule has 0 N–H and O–H groups in total. The molecule has 4 rings (SSSR count).